The van der Waals surface area contributed by atoms with E-state index in [1.807, 2.05) is 13.0 Å². The second kappa shape index (κ2) is 5.62. The van der Waals surface area contributed by atoms with Gasteiger partial charge in [-0.3, -0.25) is 10.1 Å². The van der Waals surface area contributed by atoms with Gasteiger partial charge in [0.2, 0.25) is 0 Å². The molecule has 2 aromatic rings. The van der Waals surface area contributed by atoms with Crippen molar-refractivity contribution in [3.8, 4) is 0 Å². The molecule has 1 aromatic heterocycles. The molecule has 1 heterocycles. The first-order chi connectivity index (χ1) is 9.09. The molecule has 0 N–H and O–H groups in total. The maximum absolute atomic E-state index is 11.8. The molecule has 2 rings (SSSR count). The zero-order valence-corrected chi connectivity index (χ0v) is 11.0. The van der Waals surface area contributed by atoms with Crippen molar-refractivity contribution in [2.75, 3.05) is 0 Å². The van der Waals surface area contributed by atoms with Crippen LogP contribution in [-0.2, 0) is 11.3 Å². The molecule has 19 heavy (non-hydrogen) atoms. The maximum atomic E-state index is 11.8. The van der Waals surface area contributed by atoms with E-state index in [2.05, 4.69) is 0 Å². The van der Waals surface area contributed by atoms with Crippen molar-refractivity contribution >= 4 is 23.0 Å². The topological polar surface area (TPSA) is 69.4 Å². The quantitative estimate of drug-likeness (QED) is 0.488. The number of ether oxygens (including phenoxy) is 1. The summed E-state index contributed by atoms with van der Waals surface area (Å²) in [4.78, 5) is 22.7. The van der Waals surface area contributed by atoms with Crippen LogP contribution in [0.25, 0.3) is 0 Å². The summed E-state index contributed by atoms with van der Waals surface area (Å²) in [6.45, 7) is 1.71. The lowest BCUT2D eigenvalue weighted by atomic mass is 10.2. The van der Waals surface area contributed by atoms with Gasteiger partial charge in [-0.25, -0.2) is 4.79 Å². The fourth-order valence-electron chi connectivity index (χ4n) is 1.60. The van der Waals surface area contributed by atoms with Crippen LogP contribution in [0.2, 0.25) is 0 Å². The molecule has 0 aliphatic carbocycles. The molecule has 0 fully saturated rings. The molecule has 0 saturated carbocycles. The lowest BCUT2D eigenvalue weighted by molar-refractivity contribution is -0.385. The van der Waals surface area contributed by atoms with Crippen LogP contribution in [0.5, 0.6) is 0 Å². The van der Waals surface area contributed by atoms with Gasteiger partial charge in [0.1, 0.15) is 11.5 Å². The Hall–Kier alpha value is -2.21. The van der Waals surface area contributed by atoms with E-state index in [4.69, 9.17) is 4.74 Å². The third-order valence-corrected chi connectivity index (χ3v) is 3.59. The van der Waals surface area contributed by atoms with Crippen molar-refractivity contribution in [3.63, 3.8) is 0 Å². The van der Waals surface area contributed by atoms with Crippen LogP contribution in [0.3, 0.4) is 0 Å². The Morgan fingerprint density at radius 1 is 1.37 bits per heavy atom. The zero-order valence-electron chi connectivity index (χ0n) is 10.2. The van der Waals surface area contributed by atoms with Crippen LogP contribution >= 0.6 is 11.3 Å². The lowest BCUT2D eigenvalue weighted by Crippen LogP contribution is -2.06. The van der Waals surface area contributed by atoms with E-state index in [-0.39, 0.29) is 12.3 Å². The van der Waals surface area contributed by atoms with Crippen LogP contribution in [0.4, 0.5) is 5.69 Å². The number of thiophene rings is 1. The zero-order chi connectivity index (χ0) is 13.8. The number of aryl methyl sites for hydroxylation is 1. The lowest BCUT2D eigenvalue weighted by Gasteiger charge is -2.05. The fourth-order valence-corrected chi connectivity index (χ4v) is 2.42. The summed E-state index contributed by atoms with van der Waals surface area (Å²) >= 11 is 1.29. The van der Waals surface area contributed by atoms with Gasteiger partial charge in [-0.15, -0.1) is 11.3 Å². The van der Waals surface area contributed by atoms with Gasteiger partial charge in [-0.05, 0) is 30.0 Å². The summed E-state index contributed by atoms with van der Waals surface area (Å²) in [5.41, 5.74) is 1.19. The molecule has 0 saturated heterocycles. The summed E-state index contributed by atoms with van der Waals surface area (Å²) in [5, 5.41) is 12.6. The highest BCUT2D eigenvalue weighted by Gasteiger charge is 2.16. The van der Waals surface area contributed by atoms with E-state index < -0.39 is 10.9 Å². The first-order valence-electron chi connectivity index (χ1n) is 5.53. The molecule has 0 unspecified atom stereocenters. The van der Waals surface area contributed by atoms with Gasteiger partial charge in [0.15, 0.2) is 0 Å². The molecule has 0 aliphatic rings. The maximum Gasteiger partial charge on any atom is 0.348 e. The minimum Gasteiger partial charge on any atom is -0.456 e. The molecule has 0 radical (unpaired) electrons. The number of carbonyl (C=O) groups is 1. The Morgan fingerprint density at radius 2 is 2.11 bits per heavy atom. The van der Waals surface area contributed by atoms with Crippen molar-refractivity contribution in [2.24, 2.45) is 0 Å². The molecule has 5 nitrogen and oxygen atoms in total. The number of nitro benzene ring substituents is 1. The molecular weight excluding hydrogens is 266 g/mol. The van der Waals surface area contributed by atoms with Crippen LogP contribution in [-0.4, -0.2) is 10.9 Å². The fraction of sp³-hybridized carbons (Fsp3) is 0.154. The van der Waals surface area contributed by atoms with E-state index >= 15 is 0 Å². The van der Waals surface area contributed by atoms with Gasteiger partial charge in [-0.2, -0.15) is 0 Å². The normalized spacial score (nSPS) is 10.2. The number of nitro groups is 1. The second-order valence-electron chi connectivity index (χ2n) is 3.89. The van der Waals surface area contributed by atoms with Crippen LogP contribution in [0, 0.1) is 17.0 Å². The number of hydrogen-bond donors (Lipinski definition) is 0. The van der Waals surface area contributed by atoms with E-state index in [1.54, 1.807) is 23.6 Å². The van der Waals surface area contributed by atoms with Gasteiger partial charge in [0.05, 0.1) is 10.5 Å². The number of nitrogens with zero attached hydrogens (tertiary/aromatic N) is 1. The van der Waals surface area contributed by atoms with E-state index in [9.17, 15) is 14.9 Å². The smallest absolute Gasteiger partial charge is 0.348 e. The van der Waals surface area contributed by atoms with Gasteiger partial charge in [-0.1, -0.05) is 12.1 Å². The summed E-state index contributed by atoms with van der Waals surface area (Å²) in [6.07, 6.45) is 0. The summed E-state index contributed by atoms with van der Waals surface area (Å²) in [6, 6.07) is 8.04. The monoisotopic (exact) mass is 277 g/mol. The molecule has 6 heteroatoms. The summed E-state index contributed by atoms with van der Waals surface area (Å²) in [5.74, 6) is -0.453. The Morgan fingerprint density at radius 3 is 2.74 bits per heavy atom. The minimum absolute atomic E-state index is 0.0433. The highest BCUT2D eigenvalue weighted by atomic mass is 32.1. The predicted molar refractivity (Wildman–Crippen MR) is 71.3 cm³/mol. The van der Waals surface area contributed by atoms with Crippen molar-refractivity contribution in [2.45, 2.75) is 13.5 Å². The Balaban J connectivity index is 2.10. The number of rotatable bonds is 4. The minimum atomic E-state index is -0.487. The van der Waals surface area contributed by atoms with Crippen molar-refractivity contribution in [1.29, 1.82) is 0 Å². The highest BCUT2D eigenvalue weighted by molar-refractivity contribution is 7.12. The summed E-state index contributed by atoms with van der Waals surface area (Å²) in [7, 11) is 0. The molecule has 0 bridgehead atoms. The highest BCUT2D eigenvalue weighted by Crippen LogP contribution is 2.21. The molecule has 0 spiro atoms. The Bertz CT molecular complexity index is 621. The largest absolute Gasteiger partial charge is 0.456 e. The number of benzene rings is 1. The molecule has 0 aliphatic heterocycles. The van der Waals surface area contributed by atoms with Gasteiger partial charge < -0.3 is 4.74 Å². The Kier molecular flexibility index (Phi) is 3.91. The number of para-hydroxylation sites is 1. The van der Waals surface area contributed by atoms with Gasteiger partial charge >= 0.3 is 5.97 Å². The van der Waals surface area contributed by atoms with Crippen LogP contribution < -0.4 is 0 Å². The molecule has 1 aromatic carbocycles. The predicted octanol–water partition coefficient (Wildman–Crippen LogP) is 3.32. The Labute approximate surface area is 113 Å². The first kappa shape index (κ1) is 13.2. The standard InChI is InChI=1S/C13H11NO4S/c1-9-6-7-19-12(9)13(15)18-8-10-4-2-3-5-11(10)14(16)17/h2-7H,8H2,1H3. The van der Waals surface area contributed by atoms with Gasteiger partial charge in [0, 0.05) is 6.07 Å². The SMILES string of the molecule is Cc1ccsc1C(=O)OCc1ccccc1[N+](=O)[O-]. The molecule has 98 valence electrons. The van der Waals surface area contributed by atoms with E-state index in [1.165, 1.54) is 17.4 Å². The third-order valence-electron chi connectivity index (χ3n) is 2.59. The molecular formula is C13H11NO4S. The second-order valence-corrected chi connectivity index (χ2v) is 4.81. The third kappa shape index (κ3) is 2.97. The average molecular weight is 277 g/mol. The summed E-state index contributed by atoms with van der Waals surface area (Å²) < 4.78 is 5.11. The van der Waals surface area contributed by atoms with Gasteiger partial charge in [0.25, 0.3) is 5.69 Å². The molecule has 0 atom stereocenters. The van der Waals surface area contributed by atoms with E-state index in [0.29, 0.717) is 10.4 Å². The van der Waals surface area contributed by atoms with E-state index in [0.717, 1.165) is 5.56 Å². The molecule has 0 amide bonds. The van der Waals surface area contributed by atoms with Crippen molar-refractivity contribution in [1.82, 2.24) is 0 Å². The number of hydrogen-bond acceptors (Lipinski definition) is 5. The van der Waals surface area contributed by atoms with Crippen molar-refractivity contribution < 1.29 is 14.5 Å². The van der Waals surface area contributed by atoms with Crippen LogP contribution in [0.15, 0.2) is 35.7 Å². The van der Waals surface area contributed by atoms with Crippen molar-refractivity contribution in [3.05, 3.63) is 61.8 Å². The average Bonchev–Trinajstić information content (AvgIpc) is 2.82. The number of esters is 1. The van der Waals surface area contributed by atoms with Crippen LogP contribution in [0.1, 0.15) is 20.8 Å². The number of carbonyl (C=O) groups excluding carboxylic acids is 1. The first-order valence-corrected chi connectivity index (χ1v) is 6.41.